The van der Waals surface area contributed by atoms with Crippen molar-refractivity contribution >= 4 is 17.5 Å². The third-order valence-electron chi connectivity index (χ3n) is 5.77. The standard InChI is InChI=1S/C20H28ClNO2/c1-13-10-17(21)7-8-19(13)24-9-3-4-20(23)22-14(2)18-12-15-5-6-16(18)11-15/h7-8,10,14-16,18H,3-6,9,11-12H2,1-2H3,(H,22,23)/t14-,15+,16+,18+/m0/s1. The summed E-state index contributed by atoms with van der Waals surface area (Å²) < 4.78 is 5.75. The molecule has 3 nitrogen and oxygen atoms in total. The number of rotatable bonds is 7. The van der Waals surface area contributed by atoms with Crippen LogP contribution in [0.4, 0.5) is 0 Å². The van der Waals surface area contributed by atoms with E-state index >= 15 is 0 Å². The van der Waals surface area contributed by atoms with Gasteiger partial charge in [-0.1, -0.05) is 18.0 Å². The van der Waals surface area contributed by atoms with Crippen molar-refractivity contribution in [2.24, 2.45) is 17.8 Å². The molecule has 0 heterocycles. The summed E-state index contributed by atoms with van der Waals surface area (Å²) in [5, 5.41) is 3.93. The third-order valence-corrected chi connectivity index (χ3v) is 6.00. The smallest absolute Gasteiger partial charge is 0.220 e. The van der Waals surface area contributed by atoms with Crippen LogP contribution in [0.2, 0.25) is 5.02 Å². The lowest BCUT2D eigenvalue weighted by Gasteiger charge is -2.28. The van der Waals surface area contributed by atoms with Crippen molar-refractivity contribution in [1.29, 1.82) is 0 Å². The first-order chi connectivity index (χ1) is 11.5. The highest BCUT2D eigenvalue weighted by molar-refractivity contribution is 6.30. The van der Waals surface area contributed by atoms with E-state index in [-0.39, 0.29) is 5.91 Å². The molecule has 2 saturated carbocycles. The minimum Gasteiger partial charge on any atom is -0.493 e. The molecule has 2 fully saturated rings. The van der Waals surface area contributed by atoms with Gasteiger partial charge in [-0.15, -0.1) is 0 Å². The van der Waals surface area contributed by atoms with Crippen LogP contribution < -0.4 is 10.1 Å². The maximum absolute atomic E-state index is 12.2. The Morgan fingerprint density at radius 2 is 2.21 bits per heavy atom. The number of ether oxygens (including phenoxy) is 1. The van der Waals surface area contributed by atoms with E-state index in [0.717, 1.165) is 29.6 Å². The van der Waals surface area contributed by atoms with E-state index in [2.05, 4.69) is 12.2 Å². The molecule has 0 aliphatic heterocycles. The topological polar surface area (TPSA) is 38.3 Å². The molecule has 1 aromatic carbocycles. The van der Waals surface area contributed by atoms with Crippen LogP contribution >= 0.6 is 11.6 Å². The lowest BCUT2D eigenvalue weighted by atomic mass is 9.84. The molecule has 1 N–H and O–H groups in total. The first-order valence-corrected chi connectivity index (χ1v) is 9.59. The van der Waals surface area contributed by atoms with Gasteiger partial charge in [0.15, 0.2) is 0 Å². The van der Waals surface area contributed by atoms with E-state index in [1.54, 1.807) is 0 Å². The summed E-state index contributed by atoms with van der Waals surface area (Å²) in [5.41, 5.74) is 1.02. The van der Waals surface area contributed by atoms with Crippen molar-refractivity contribution in [3.05, 3.63) is 28.8 Å². The number of amides is 1. The second kappa shape index (κ2) is 7.77. The fourth-order valence-electron chi connectivity index (χ4n) is 4.53. The van der Waals surface area contributed by atoms with E-state index in [4.69, 9.17) is 16.3 Å². The lowest BCUT2D eigenvalue weighted by molar-refractivity contribution is -0.122. The number of carbonyl (C=O) groups is 1. The van der Waals surface area contributed by atoms with E-state index in [9.17, 15) is 4.79 Å². The number of hydrogen-bond donors (Lipinski definition) is 1. The van der Waals surface area contributed by atoms with E-state index in [1.165, 1.54) is 25.7 Å². The first-order valence-electron chi connectivity index (χ1n) is 9.21. The molecule has 24 heavy (non-hydrogen) atoms. The molecule has 1 amide bonds. The Bertz CT molecular complexity index is 589. The number of halogens is 1. The normalized spacial score (nSPS) is 26.4. The van der Waals surface area contributed by atoms with Gasteiger partial charge in [0.2, 0.25) is 5.91 Å². The average Bonchev–Trinajstić information content (AvgIpc) is 3.16. The Morgan fingerprint density at radius 3 is 2.88 bits per heavy atom. The van der Waals surface area contributed by atoms with E-state index in [1.807, 2.05) is 25.1 Å². The van der Waals surface area contributed by atoms with Crippen molar-refractivity contribution in [1.82, 2.24) is 5.32 Å². The molecule has 1 aromatic rings. The monoisotopic (exact) mass is 349 g/mol. The second-order valence-corrected chi connectivity index (χ2v) is 7.99. The van der Waals surface area contributed by atoms with Crippen LogP contribution in [-0.2, 0) is 4.79 Å². The summed E-state index contributed by atoms with van der Waals surface area (Å²) in [6, 6.07) is 5.91. The molecular formula is C20H28ClNO2. The zero-order valence-electron chi connectivity index (χ0n) is 14.7. The molecule has 0 aromatic heterocycles. The summed E-state index contributed by atoms with van der Waals surface area (Å²) in [6.45, 7) is 4.71. The number of nitrogens with one attached hydrogen (secondary N) is 1. The number of hydrogen-bond acceptors (Lipinski definition) is 2. The average molecular weight is 350 g/mol. The quantitative estimate of drug-likeness (QED) is 0.721. The molecule has 4 atom stereocenters. The molecule has 4 heteroatoms. The number of fused-ring (bicyclic) bond motifs is 2. The minimum absolute atomic E-state index is 0.154. The van der Waals surface area contributed by atoms with Crippen LogP contribution in [0.1, 0.15) is 51.0 Å². The molecule has 3 rings (SSSR count). The van der Waals surface area contributed by atoms with Crippen LogP contribution in [0.25, 0.3) is 0 Å². The third kappa shape index (κ3) is 4.24. The van der Waals surface area contributed by atoms with Crippen LogP contribution in [-0.4, -0.2) is 18.6 Å². The number of benzene rings is 1. The number of aryl methyl sites for hydroxylation is 1. The zero-order chi connectivity index (χ0) is 17.1. The van der Waals surface area contributed by atoms with Gasteiger partial charge in [0.05, 0.1) is 6.61 Å². The van der Waals surface area contributed by atoms with Gasteiger partial charge < -0.3 is 10.1 Å². The molecule has 0 saturated heterocycles. The fourth-order valence-corrected chi connectivity index (χ4v) is 4.76. The Balaban J connectivity index is 1.35. The first kappa shape index (κ1) is 17.6. The van der Waals surface area contributed by atoms with Gasteiger partial charge in [0.25, 0.3) is 0 Å². The Hall–Kier alpha value is -1.22. The molecule has 2 aliphatic rings. The molecule has 2 aliphatic carbocycles. The van der Waals surface area contributed by atoms with E-state index < -0.39 is 0 Å². The van der Waals surface area contributed by atoms with Crippen molar-refractivity contribution in [2.75, 3.05) is 6.61 Å². The summed E-state index contributed by atoms with van der Waals surface area (Å²) in [5.74, 6) is 3.47. The van der Waals surface area contributed by atoms with Gasteiger partial charge in [0, 0.05) is 17.5 Å². The number of carbonyl (C=O) groups excluding carboxylic acids is 1. The summed E-state index contributed by atoms with van der Waals surface area (Å²) >= 11 is 5.94. The van der Waals surface area contributed by atoms with Crippen molar-refractivity contribution in [2.45, 2.75) is 58.4 Å². The van der Waals surface area contributed by atoms with Crippen LogP contribution in [0.3, 0.4) is 0 Å². The van der Waals surface area contributed by atoms with Gasteiger partial charge in [-0.05, 0) is 81.0 Å². The van der Waals surface area contributed by atoms with Crippen molar-refractivity contribution in [3.63, 3.8) is 0 Å². The largest absolute Gasteiger partial charge is 0.493 e. The summed E-state index contributed by atoms with van der Waals surface area (Å²) in [4.78, 5) is 12.2. The maximum Gasteiger partial charge on any atom is 0.220 e. The SMILES string of the molecule is Cc1cc(Cl)ccc1OCCCC(=O)N[C@@H](C)[C@H]1C[C@@H]2CC[C@@H]1C2. The fraction of sp³-hybridized carbons (Fsp3) is 0.650. The Kier molecular flexibility index (Phi) is 5.70. The second-order valence-electron chi connectivity index (χ2n) is 7.56. The van der Waals surface area contributed by atoms with Gasteiger partial charge >= 0.3 is 0 Å². The van der Waals surface area contributed by atoms with Crippen LogP contribution in [0.15, 0.2) is 18.2 Å². The lowest BCUT2D eigenvalue weighted by Crippen LogP contribution is -2.40. The Morgan fingerprint density at radius 1 is 1.38 bits per heavy atom. The molecule has 132 valence electrons. The zero-order valence-corrected chi connectivity index (χ0v) is 15.4. The van der Waals surface area contributed by atoms with Crippen molar-refractivity contribution in [3.8, 4) is 5.75 Å². The predicted molar refractivity (Wildman–Crippen MR) is 97.5 cm³/mol. The summed E-state index contributed by atoms with van der Waals surface area (Å²) in [7, 11) is 0. The van der Waals surface area contributed by atoms with Gasteiger partial charge in [0.1, 0.15) is 5.75 Å². The van der Waals surface area contributed by atoms with E-state index in [0.29, 0.717) is 30.0 Å². The van der Waals surface area contributed by atoms with Crippen LogP contribution in [0.5, 0.6) is 5.75 Å². The maximum atomic E-state index is 12.2. The molecule has 0 radical (unpaired) electrons. The van der Waals surface area contributed by atoms with Crippen molar-refractivity contribution < 1.29 is 9.53 Å². The molecule has 0 unspecified atom stereocenters. The van der Waals surface area contributed by atoms with Gasteiger partial charge in [-0.2, -0.15) is 0 Å². The van der Waals surface area contributed by atoms with Crippen LogP contribution in [0, 0.1) is 24.7 Å². The highest BCUT2D eigenvalue weighted by atomic mass is 35.5. The predicted octanol–water partition coefficient (Wildman–Crippen LogP) is 4.75. The molecule has 0 spiro atoms. The highest BCUT2D eigenvalue weighted by Crippen LogP contribution is 2.49. The molecule has 2 bridgehead atoms. The summed E-state index contributed by atoms with van der Waals surface area (Å²) in [6.07, 6.45) is 6.73. The highest BCUT2D eigenvalue weighted by Gasteiger charge is 2.41. The Labute approximate surface area is 150 Å². The van der Waals surface area contributed by atoms with Gasteiger partial charge in [-0.3, -0.25) is 4.79 Å². The minimum atomic E-state index is 0.154. The van der Waals surface area contributed by atoms with Gasteiger partial charge in [-0.25, -0.2) is 0 Å². The molecular weight excluding hydrogens is 322 g/mol.